The van der Waals surface area contributed by atoms with Crippen LogP contribution in [0.2, 0.25) is 0 Å². The van der Waals surface area contributed by atoms with E-state index < -0.39 is 0 Å². The van der Waals surface area contributed by atoms with Crippen LogP contribution in [0.25, 0.3) is 0 Å². The third kappa shape index (κ3) is 3.19. The monoisotopic (exact) mass is 276 g/mol. The molecule has 1 aromatic rings. The Bertz CT molecular complexity index is 416. The van der Waals surface area contributed by atoms with Crippen molar-refractivity contribution in [3.05, 3.63) is 30.1 Å². The quantitative estimate of drug-likeness (QED) is 0.845. The normalized spacial score (nSPS) is 26.1. The van der Waals surface area contributed by atoms with E-state index in [1.807, 2.05) is 18.5 Å². The van der Waals surface area contributed by atoms with Gasteiger partial charge in [0.1, 0.15) is 0 Å². The molecule has 0 bridgehead atoms. The smallest absolute Gasteiger partial charge is 0.0836 e. The summed E-state index contributed by atoms with van der Waals surface area (Å²) in [7, 11) is 0. The Hall–Kier alpha value is -0.970. The third-order valence-electron chi connectivity index (χ3n) is 4.47. The number of likely N-dealkylation sites (tertiary alicyclic amines) is 1. The number of rotatable bonds is 4. The van der Waals surface area contributed by atoms with E-state index >= 15 is 0 Å². The van der Waals surface area contributed by atoms with Crippen molar-refractivity contribution in [3.8, 4) is 0 Å². The van der Waals surface area contributed by atoms with Gasteiger partial charge in [0, 0.05) is 45.1 Å². The molecule has 1 atom stereocenters. The summed E-state index contributed by atoms with van der Waals surface area (Å²) in [4.78, 5) is 6.68. The van der Waals surface area contributed by atoms with E-state index in [4.69, 9.17) is 9.47 Å². The van der Waals surface area contributed by atoms with Gasteiger partial charge in [0.25, 0.3) is 0 Å². The highest BCUT2D eigenvalue weighted by Gasteiger charge is 2.42. The number of ether oxygens (including phenoxy) is 2. The largest absolute Gasteiger partial charge is 0.376 e. The summed E-state index contributed by atoms with van der Waals surface area (Å²) in [5.41, 5.74) is 1.38. The molecule has 3 heterocycles. The minimum absolute atomic E-state index is 0.0886. The van der Waals surface area contributed by atoms with Crippen LogP contribution in [0.3, 0.4) is 0 Å². The van der Waals surface area contributed by atoms with Gasteiger partial charge in [0.2, 0.25) is 0 Å². The van der Waals surface area contributed by atoms with Gasteiger partial charge in [-0.1, -0.05) is 6.07 Å². The molecule has 0 aromatic carbocycles. The fraction of sp³-hybridized carbons (Fsp3) is 0.688. The second-order valence-corrected chi connectivity index (χ2v) is 5.91. The van der Waals surface area contributed by atoms with Crippen LogP contribution in [0.15, 0.2) is 24.5 Å². The van der Waals surface area contributed by atoms with E-state index in [9.17, 15) is 0 Å². The van der Waals surface area contributed by atoms with Gasteiger partial charge in [-0.2, -0.15) is 0 Å². The Morgan fingerprint density at radius 3 is 3.00 bits per heavy atom. The standard InChI is InChI=1S/C16H24N2O2/c1-2-19-15-10-16(20-13-15)5-8-18(9-6-16)12-14-4-3-7-17-11-14/h3-4,7,11,15H,2,5-6,8-10,12-13H2,1H3/t15-/m0/s1. The van der Waals surface area contributed by atoms with Gasteiger partial charge in [-0.15, -0.1) is 0 Å². The summed E-state index contributed by atoms with van der Waals surface area (Å²) >= 11 is 0. The van der Waals surface area contributed by atoms with Crippen molar-refractivity contribution in [2.24, 2.45) is 0 Å². The average molecular weight is 276 g/mol. The number of pyridine rings is 1. The zero-order valence-electron chi connectivity index (χ0n) is 12.3. The molecule has 2 aliphatic heterocycles. The summed E-state index contributed by atoms with van der Waals surface area (Å²) in [6.07, 6.45) is 7.41. The van der Waals surface area contributed by atoms with Gasteiger partial charge in [0.05, 0.1) is 18.3 Å². The number of piperidine rings is 1. The summed E-state index contributed by atoms with van der Waals surface area (Å²) in [6, 6.07) is 4.15. The Labute approximate surface area is 121 Å². The first-order valence-electron chi connectivity index (χ1n) is 7.66. The van der Waals surface area contributed by atoms with Crippen LogP contribution in [0, 0.1) is 0 Å². The van der Waals surface area contributed by atoms with Gasteiger partial charge in [-0.25, -0.2) is 0 Å². The molecule has 0 unspecified atom stereocenters. The molecular weight excluding hydrogens is 252 g/mol. The second-order valence-electron chi connectivity index (χ2n) is 5.91. The Balaban J connectivity index is 1.50. The predicted molar refractivity (Wildman–Crippen MR) is 77.5 cm³/mol. The van der Waals surface area contributed by atoms with Gasteiger partial charge in [-0.05, 0) is 31.4 Å². The second kappa shape index (κ2) is 6.20. The lowest BCUT2D eigenvalue weighted by molar-refractivity contribution is -0.0464. The average Bonchev–Trinajstić information content (AvgIpc) is 2.86. The van der Waals surface area contributed by atoms with E-state index in [0.29, 0.717) is 6.10 Å². The summed E-state index contributed by atoms with van der Waals surface area (Å²) in [5.74, 6) is 0. The Morgan fingerprint density at radius 1 is 1.45 bits per heavy atom. The predicted octanol–water partition coefficient (Wildman–Crippen LogP) is 2.24. The van der Waals surface area contributed by atoms with Crippen LogP contribution < -0.4 is 0 Å². The zero-order valence-corrected chi connectivity index (χ0v) is 12.3. The highest BCUT2D eigenvalue weighted by molar-refractivity contribution is 5.08. The lowest BCUT2D eigenvalue weighted by Gasteiger charge is -2.38. The van der Waals surface area contributed by atoms with Crippen molar-refractivity contribution >= 4 is 0 Å². The first-order chi connectivity index (χ1) is 9.80. The molecule has 0 N–H and O–H groups in total. The number of hydrogen-bond donors (Lipinski definition) is 0. The fourth-order valence-electron chi connectivity index (χ4n) is 3.36. The fourth-order valence-corrected chi connectivity index (χ4v) is 3.36. The maximum absolute atomic E-state index is 6.08. The van der Waals surface area contributed by atoms with Gasteiger partial charge in [-0.3, -0.25) is 9.88 Å². The highest BCUT2D eigenvalue weighted by Crippen LogP contribution is 2.37. The molecule has 0 radical (unpaired) electrons. The lowest BCUT2D eigenvalue weighted by Crippen LogP contribution is -2.43. The maximum atomic E-state index is 6.08. The van der Waals surface area contributed by atoms with E-state index in [0.717, 1.165) is 52.1 Å². The van der Waals surface area contributed by atoms with Crippen molar-refractivity contribution in [1.29, 1.82) is 0 Å². The van der Waals surface area contributed by atoms with Gasteiger partial charge < -0.3 is 9.47 Å². The number of hydrogen-bond acceptors (Lipinski definition) is 4. The van der Waals surface area contributed by atoms with Crippen molar-refractivity contribution in [2.45, 2.75) is 44.4 Å². The highest BCUT2D eigenvalue weighted by atomic mass is 16.6. The molecule has 20 heavy (non-hydrogen) atoms. The molecule has 1 spiro atoms. The van der Waals surface area contributed by atoms with Crippen molar-refractivity contribution in [2.75, 3.05) is 26.3 Å². The molecule has 0 aliphatic carbocycles. The molecule has 3 rings (SSSR count). The first kappa shape index (κ1) is 14.0. The third-order valence-corrected chi connectivity index (χ3v) is 4.47. The molecule has 0 amide bonds. The molecule has 1 aromatic heterocycles. The summed E-state index contributed by atoms with van der Waals surface area (Å²) in [6.45, 7) is 6.83. The van der Waals surface area contributed by atoms with Crippen LogP contribution in [0.4, 0.5) is 0 Å². The lowest BCUT2D eigenvalue weighted by atomic mass is 9.88. The molecule has 2 saturated heterocycles. The molecule has 2 aliphatic rings. The van der Waals surface area contributed by atoms with Crippen molar-refractivity contribution in [3.63, 3.8) is 0 Å². The van der Waals surface area contributed by atoms with E-state index in [1.165, 1.54) is 5.56 Å². The summed E-state index contributed by atoms with van der Waals surface area (Å²) in [5, 5.41) is 0. The molecule has 110 valence electrons. The Morgan fingerprint density at radius 2 is 2.30 bits per heavy atom. The molecular formula is C16H24N2O2. The van der Waals surface area contributed by atoms with Gasteiger partial charge >= 0.3 is 0 Å². The maximum Gasteiger partial charge on any atom is 0.0836 e. The molecule has 4 nitrogen and oxygen atoms in total. The molecule has 4 heteroatoms. The molecule has 0 saturated carbocycles. The Kier molecular flexibility index (Phi) is 4.34. The van der Waals surface area contributed by atoms with Crippen molar-refractivity contribution < 1.29 is 9.47 Å². The van der Waals surface area contributed by atoms with Crippen LogP contribution in [-0.4, -0.2) is 47.9 Å². The van der Waals surface area contributed by atoms with Crippen LogP contribution >= 0.6 is 0 Å². The zero-order chi connectivity index (χ0) is 13.8. The van der Waals surface area contributed by atoms with Crippen LogP contribution in [0.5, 0.6) is 0 Å². The first-order valence-corrected chi connectivity index (χ1v) is 7.66. The topological polar surface area (TPSA) is 34.6 Å². The van der Waals surface area contributed by atoms with Crippen molar-refractivity contribution in [1.82, 2.24) is 9.88 Å². The summed E-state index contributed by atoms with van der Waals surface area (Å²) < 4.78 is 11.8. The van der Waals surface area contributed by atoms with Gasteiger partial charge in [0.15, 0.2) is 0 Å². The number of nitrogens with zero attached hydrogens (tertiary/aromatic N) is 2. The van der Waals surface area contributed by atoms with E-state index in [2.05, 4.69) is 22.9 Å². The SMILES string of the molecule is CCO[C@@H]1COC2(CCN(Cc3cccnc3)CC2)C1. The van der Waals surface area contributed by atoms with Crippen LogP contribution in [0.1, 0.15) is 31.7 Å². The minimum Gasteiger partial charge on any atom is -0.376 e. The van der Waals surface area contributed by atoms with E-state index in [-0.39, 0.29) is 5.60 Å². The minimum atomic E-state index is 0.0886. The van der Waals surface area contributed by atoms with E-state index in [1.54, 1.807) is 0 Å². The van der Waals surface area contributed by atoms with Crippen LogP contribution in [-0.2, 0) is 16.0 Å². The molecule has 2 fully saturated rings. The number of aromatic nitrogens is 1.